The number of aliphatic carboxylic acids is 2. The van der Waals surface area contributed by atoms with E-state index < -0.39 is 17.5 Å². The predicted octanol–water partition coefficient (Wildman–Crippen LogP) is 0.687. The van der Waals surface area contributed by atoms with Gasteiger partial charge in [0.05, 0.1) is 13.1 Å². The number of rotatable bonds is 6. The molecule has 0 radical (unpaired) electrons. The van der Waals surface area contributed by atoms with Crippen LogP contribution in [0.2, 0.25) is 0 Å². The third kappa shape index (κ3) is 3.24. The maximum atomic E-state index is 12.4. The first-order valence-corrected chi connectivity index (χ1v) is 7.95. The molecule has 7 nitrogen and oxygen atoms in total. The van der Waals surface area contributed by atoms with E-state index in [4.69, 9.17) is 5.11 Å². The molecule has 22 heavy (non-hydrogen) atoms. The predicted molar refractivity (Wildman–Crippen MR) is 78.4 cm³/mol. The fourth-order valence-corrected chi connectivity index (χ4v) is 3.96. The average molecular weight is 312 g/mol. The summed E-state index contributed by atoms with van der Waals surface area (Å²) in [6.07, 6.45) is 6.03. The van der Waals surface area contributed by atoms with Crippen molar-refractivity contribution in [3.8, 4) is 0 Å². The van der Waals surface area contributed by atoms with E-state index in [0.717, 1.165) is 32.1 Å². The van der Waals surface area contributed by atoms with Gasteiger partial charge in [-0.2, -0.15) is 0 Å². The molecule has 0 bridgehead atoms. The van der Waals surface area contributed by atoms with Gasteiger partial charge in [-0.3, -0.25) is 14.9 Å². The SMILES string of the molecule is O=C(O)CNCC(=O)N1CCC[C@]1(C(=O)O)C1CCCCC1. The summed E-state index contributed by atoms with van der Waals surface area (Å²) in [5.74, 6) is -2.26. The quantitative estimate of drug-likeness (QED) is 0.666. The molecule has 2 aliphatic rings. The van der Waals surface area contributed by atoms with Crippen LogP contribution in [0.15, 0.2) is 0 Å². The van der Waals surface area contributed by atoms with Crippen molar-refractivity contribution >= 4 is 17.8 Å². The normalized spacial score (nSPS) is 26.1. The van der Waals surface area contributed by atoms with E-state index >= 15 is 0 Å². The van der Waals surface area contributed by atoms with Crippen LogP contribution in [0.3, 0.4) is 0 Å². The van der Waals surface area contributed by atoms with Gasteiger partial charge in [-0.25, -0.2) is 4.79 Å². The van der Waals surface area contributed by atoms with Crippen molar-refractivity contribution in [2.24, 2.45) is 5.92 Å². The number of carbonyl (C=O) groups excluding carboxylic acids is 1. The van der Waals surface area contributed by atoms with E-state index in [1.807, 2.05) is 0 Å². The van der Waals surface area contributed by atoms with E-state index in [-0.39, 0.29) is 24.9 Å². The molecule has 0 unspecified atom stereocenters. The van der Waals surface area contributed by atoms with Gasteiger partial charge < -0.3 is 15.1 Å². The van der Waals surface area contributed by atoms with Crippen LogP contribution in [0, 0.1) is 5.92 Å². The van der Waals surface area contributed by atoms with E-state index in [1.54, 1.807) is 0 Å². The molecule has 7 heteroatoms. The maximum absolute atomic E-state index is 12.4. The summed E-state index contributed by atoms with van der Waals surface area (Å²) in [4.78, 5) is 36.4. The molecule has 1 aliphatic heterocycles. The highest BCUT2D eigenvalue weighted by atomic mass is 16.4. The number of amides is 1. The monoisotopic (exact) mass is 312 g/mol. The van der Waals surface area contributed by atoms with Gasteiger partial charge in [0.25, 0.3) is 0 Å². The minimum absolute atomic E-state index is 0.00433. The van der Waals surface area contributed by atoms with Crippen LogP contribution in [-0.4, -0.2) is 58.1 Å². The molecule has 3 N–H and O–H groups in total. The molecule has 0 aromatic heterocycles. The Morgan fingerprint density at radius 3 is 2.32 bits per heavy atom. The van der Waals surface area contributed by atoms with Crippen LogP contribution in [0.1, 0.15) is 44.9 Å². The zero-order chi connectivity index (χ0) is 16.2. The number of carbonyl (C=O) groups is 3. The van der Waals surface area contributed by atoms with Crippen molar-refractivity contribution in [1.82, 2.24) is 10.2 Å². The Hall–Kier alpha value is -1.63. The third-order valence-electron chi connectivity index (χ3n) is 4.93. The molecule has 124 valence electrons. The van der Waals surface area contributed by atoms with Gasteiger partial charge in [-0.1, -0.05) is 19.3 Å². The van der Waals surface area contributed by atoms with Crippen molar-refractivity contribution in [1.29, 1.82) is 0 Å². The van der Waals surface area contributed by atoms with Gasteiger partial charge in [-0.05, 0) is 31.6 Å². The molecule has 1 saturated heterocycles. The van der Waals surface area contributed by atoms with Crippen LogP contribution in [0.4, 0.5) is 0 Å². The smallest absolute Gasteiger partial charge is 0.329 e. The van der Waals surface area contributed by atoms with Crippen LogP contribution >= 0.6 is 0 Å². The first kappa shape index (κ1) is 16.7. The summed E-state index contributed by atoms with van der Waals surface area (Å²) in [5, 5.41) is 21.0. The average Bonchev–Trinajstić information content (AvgIpc) is 2.93. The molecule has 1 atom stereocenters. The van der Waals surface area contributed by atoms with Crippen LogP contribution in [0.5, 0.6) is 0 Å². The number of likely N-dealkylation sites (tertiary alicyclic amines) is 1. The summed E-state index contributed by atoms with van der Waals surface area (Å²) in [7, 11) is 0. The van der Waals surface area contributed by atoms with Gasteiger partial charge in [0, 0.05) is 6.54 Å². The first-order chi connectivity index (χ1) is 10.5. The van der Waals surface area contributed by atoms with Crippen molar-refractivity contribution in [2.75, 3.05) is 19.6 Å². The number of hydrogen-bond donors (Lipinski definition) is 3. The summed E-state index contributed by atoms with van der Waals surface area (Å²) in [6.45, 7) is 0.00746. The number of carboxylic acids is 2. The molecule has 1 heterocycles. The highest BCUT2D eigenvalue weighted by molar-refractivity contribution is 5.89. The van der Waals surface area contributed by atoms with Gasteiger partial charge in [0.2, 0.25) is 5.91 Å². The number of hydrogen-bond acceptors (Lipinski definition) is 4. The molecule has 0 aromatic rings. The summed E-state index contributed by atoms with van der Waals surface area (Å²) < 4.78 is 0. The Morgan fingerprint density at radius 1 is 1.05 bits per heavy atom. The Morgan fingerprint density at radius 2 is 1.73 bits per heavy atom. The molecule has 1 saturated carbocycles. The van der Waals surface area contributed by atoms with Crippen molar-refractivity contribution in [3.05, 3.63) is 0 Å². The van der Waals surface area contributed by atoms with Gasteiger partial charge >= 0.3 is 11.9 Å². The lowest BCUT2D eigenvalue weighted by molar-refractivity contribution is -0.161. The van der Waals surface area contributed by atoms with Crippen LogP contribution < -0.4 is 5.32 Å². The fraction of sp³-hybridized carbons (Fsp3) is 0.800. The molecule has 2 rings (SSSR count). The second-order valence-electron chi connectivity index (χ2n) is 6.21. The Labute approximate surface area is 129 Å². The molecular formula is C15H24N2O5. The molecule has 1 aliphatic carbocycles. The minimum atomic E-state index is -1.09. The second kappa shape index (κ2) is 7.09. The highest BCUT2D eigenvalue weighted by Gasteiger charge is 2.54. The largest absolute Gasteiger partial charge is 0.480 e. The van der Waals surface area contributed by atoms with E-state index in [0.29, 0.717) is 19.4 Å². The topological polar surface area (TPSA) is 107 Å². The van der Waals surface area contributed by atoms with Gasteiger partial charge in [-0.15, -0.1) is 0 Å². The second-order valence-corrected chi connectivity index (χ2v) is 6.21. The van der Waals surface area contributed by atoms with E-state index in [9.17, 15) is 19.5 Å². The van der Waals surface area contributed by atoms with Gasteiger partial charge in [0.1, 0.15) is 5.54 Å². The molecule has 0 spiro atoms. The zero-order valence-corrected chi connectivity index (χ0v) is 12.7. The summed E-state index contributed by atoms with van der Waals surface area (Å²) in [5.41, 5.74) is -1.09. The summed E-state index contributed by atoms with van der Waals surface area (Å²) in [6, 6.07) is 0. The number of nitrogens with zero attached hydrogens (tertiary/aromatic N) is 1. The fourth-order valence-electron chi connectivity index (χ4n) is 3.96. The number of nitrogens with one attached hydrogen (secondary N) is 1. The van der Waals surface area contributed by atoms with Crippen molar-refractivity contribution in [2.45, 2.75) is 50.5 Å². The van der Waals surface area contributed by atoms with Crippen molar-refractivity contribution < 1.29 is 24.6 Å². The molecule has 0 aromatic carbocycles. The van der Waals surface area contributed by atoms with Crippen LogP contribution in [-0.2, 0) is 14.4 Å². The van der Waals surface area contributed by atoms with Crippen molar-refractivity contribution in [3.63, 3.8) is 0 Å². The minimum Gasteiger partial charge on any atom is -0.480 e. The Kier molecular flexibility index (Phi) is 5.39. The van der Waals surface area contributed by atoms with Gasteiger partial charge in [0.15, 0.2) is 0 Å². The Bertz CT molecular complexity index is 447. The van der Waals surface area contributed by atoms with E-state index in [2.05, 4.69) is 5.32 Å². The third-order valence-corrected chi connectivity index (χ3v) is 4.93. The Balaban J connectivity index is 2.11. The van der Waals surface area contributed by atoms with E-state index in [1.165, 1.54) is 4.90 Å². The first-order valence-electron chi connectivity index (χ1n) is 7.95. The zero-order valence-electron chi connectivity index (χ0n) is 12.7. The lowest BCUT2D eigenvalue weighted by Gasteiger charge is -2.42. The molecular weight excluding hydrogens is 288 g/mol. The molecule has 2 fully saturated rings. The lowest BCUT2D eigenvalue weighted by Crippen LogP contribution is -2.59. The summed E-state index contributed by atoms with van der Waals surface area (Å²) >= 11 is 0. The molecule has 1 amide bonds. The lowest BCUT2D eigenvalue weighted by atomic mass is 9.73. The standard InChI is InChI=1S/C15H24N2O5/c18-12(9-16-10-13(19)20)17-8-4-7-15(17,14(21)22)11-5-2-1-3-6-11/h11,16H,1-10H2,(H,19,20)(H,21,22)/t15-/m1/s1. The maximum Gasteiger partial charge on any atom is 0.329 e. The number of carboxylic acid groups (broad SMARTS) is 2. The van der Waals surface area contributed by atoms with Crippen LogP contribution in [0.25, 0.3) is 0 Å². The highest BCUT2D eigenvalue weighted by Crippen LogP contribution is 2.43.